The first-order valence-corrected chi connectivity index (χ1v) is 10.7. The lowest BCUT2D eigenvalue weighted by atomic mass is 10.1. The zero-order valence-electron chi connectivity index (χ0n) is 17.0. The summed E-state index contributed by atoms with van der Waals surface area (Å²) in [5, 5.41) is 12.8. The summed E-state index contributed by atoms with van der Waals surface area (Å²) < 4.78 is 12.7. The molecule has 0 aliphatic rings. The molecule has 0 unspecified atom stereocenters. The highest BCUT2D eigenvalue weighted by molar-refractivity contribution is 7.99. The maximum Gasteiger partial charge on any atom is 0.234 e. The van der Waals surface area contributed by atoms with Gasteiger partial charge >= 0.3 is 0 Å². The van der Waals surface area contributed by atoms with E-state index >= 15 is 0 Å². The summed E-state index contributed by atoms with van der Waals surface area (Å²) in [7, 11) is 3.22. The number of nitrogens with zero attached hydrogens (tertiary/aromatic N) is 3. The quantitative estimate of drug-likeness (QED) is 0.494. The standard InChI is InChI=1S/C21H23ClN4O3S/c1-4-26-19(12-14-5-10-17(28-2)18(11-14)29-3)24-25-21(26)30-13-20(27)23-16-8-6-15(22)7-9-16/h5-11H,4,12-13H2,1-3H3,(H,23,27). The zero-order valence-corrected chi connectivity index (χ0v) is 18.6. The van der Waals surface area contributed by atoms with E-state index in [4.69, 9.17) is 21.1 Å². The van der Waals surface area contributed by atoms with Crippen molar-refractivity contribution in [1.82, 2.24) is 14.8 Å². The van der Waals surface area contributed by atoms with Gasteiger partial charge in [0, 0.05) is 23.7 Å². The molecule has 0 radical (unpaired) electrons. The highest BCUT2D eigenvalue weighted by Gasteiger charge is 2.15. The van der Waals surface area contributed by atoms with Crippen LogP contribution in [0.25, 0.3) is 0 Å². The smallest absolute Gasteiger partial charge is 0.234 e. The van der Waals surface area contributed by atoms with Crippen molar-refractivity contribution in [2.75, 3.05) is 25.3 Å². The molecular formula is C21H23ClN4O3S. The van der Waals surface area contributed by atoms with Crippen molar-refractivity contribution in [3.63, 3.8) is 0 Å². The number of halogens is 1. The van der Waals surface area contributed by atoms with Crippen LogP contribution in [0.3, 0.4) is 0 Å². The lowest BCUT2D eigenvalue weighted by Crippen LogP contribution is -2.14. The van der Waals surface area contributed by atoms with Crippen molar-refractivity contribution >= 4 is 35.0 Å². The molecule has 0 saturated carbocycles. The molecule has 3 aromatic rings. The first-order valence-electron chi connectivity index (χ1n) is 9.35. The van der Waals surface area contributed by atoms with Gasteiger partial charge in [-0.25, -0.2) is 0 Å². The summed E-state index contributed by atoms with van der Waals surface area (Å²) in [6.07, 6.45) is 0.596. The van der Waals surface area contributed by atoms with Crippen molar-refractivity contribution in [2.45, 2.75) is 25.0 Å². The van der Waals surface area contributed by atoms with Gasteiger partial charge in [-0.3, -0.25) is 4.79 Å². The number of benzene rings is 2. The van der Waals surface area contributed by atoms with E-state index in [-0.39, 0.29) is 11.7 Å². The molecule has 3 rings (SSSR count). The number of carbonyl (C=O) groups excluding carboxylic acids is 1. The lowest BCUT2D eigenvalue weighted by molar-refractivity contribution is -0.113. The SMILES string of the molecule is CCn1c(Cc2ccc(OC)c(OC)c2)nnc1SCC(=O)Nc1ccc(Cl)cc1. The third-order valence-corrected chi connectivity index (χ3v) is 5.60. The number of anilines is 1. The molecule has 2 aromatic carbocycles. The van der Waals surface area contributed by atoms with Crippen LogP contribution in [-0.4, -0.2) is 40.6 Å². The minimum atomic E-state index is -0.116. The van der Waals surface area contributed by atoms with E-state index in [2.05, 4.69) is 15.5 Å². The largest absolute Gasteiger partial charge is 0.493 e. The molecule has 7 nitrogen and oxygen atoms in total. The second-order valence-electron chi connectivity index (χ2n) is 6.35. The van der Waals surface area contributed by atoms with Gasteiger partial charge in [0.1, 0.15) is 5.82 Å². The van der Waals surface area contributed by atoms with Gasteiger partial charge in [0.05, 0.1) is 20.0 Å². The second-order valence-corrected chi connectivity index (χ2v) is 7.73. The van der Waals surface area contributed by atoms with E-state index in [0.29, 0.717) is 40.3 Å². The van der Waals surface area contributed by atoms with Gasteiger partial charge in [0.2, 0.25) is 5.91 Å². The van der Waals surface area contributed by atoms with Gasteiger partial charge in [0.25, 0.3) is 0 Å². The summed E-state index contributed by atoms with van der Waals surface area (Å²) in [6.45, 7) is 2.73. The summed E-state index contributed by atoms with van der Waals surface area (Å²) in [5.74, 6) is 2.30. The van der Waals surface area contributed by atoms with Gasteiger partial charge in [-0.05, 0) is 48.9 Å². The number of nitrogens with one attached hydrogen (secondary N) is 1. The lowest BCUT2D eigenvalue weighted by Gasteiger charge is -2.10. The molecule has 1 N–H and O–H groups in total. The number of methoxy groups -OCH3 is 2. The van der Waals surface area contributed by atoms with Crippen LogP contribution in [0.5, 0.6) is 11.5 Å². The van der Waals surface area contributed by atoms with Crippen molar-refractivity contribution in [2.24, 2.45) is 0 Å². The number of hydrogen-bond acceptors (Lipinski definition) is 6. The molecule has 0 atom stereocenters. The monoisotopic (exact) mass is 446 g/mol. The van der Waals surface area contributed by atoms with E-state index in [1.54, 1.807) is 38.5 Å². The maximum atomic E-state index is 12.3. The average Bonchev–Trinajstić information content (AvgIpc) is 3.15. The molecule has 0 spiro atoms. The minimum absolute atomic E-state index is 0.116. The van der Waals surface area contributed by atoms with Crippen molar-refractivity contribution in [3.8, 4) is 11.5 Å². The Morgan fingerprint density at radius 3 is 2.50 bits per heavy atom. The molecule has 0 bridgehead atoms. The molecule has 158 valence electrons. The number of amides is 1. The molecule has 0 fully saturated rings. The molecule has 0 aliphatic heterocycles. The van der Waals surface area contributed by atoms with Gasteiger partial charge < -0.3 is 19.4 Å². The fourth-order valence-corrected chi connectivity index (χ4v) is 3.85. The molecule has 1 amide bonds. The highest BCUT2D eigenvalue weighted by Crippen LogP contribution is 2.29. The van der Waals surface area contributed by atoms with Crippen LogP contribution >= 0.6 is 23.4 Å². The van der Waals surface area contributed by atoms with Crippen molar-refractivity contribution < 1.29 is 14.3 Å². The van der Waals surface area contributed by atoms with Gasteiger partial charge in [-0.2, -0.15) is 0 Å². The molecule has 0 saturated heterocycles. The topological polar surface area (TPSA) is 78.3 Å². The summed E-state index contributed by atoms with van der Waals surface area (Å²) >= 11 is 7.22. The van der Waals surface area contributed by atoms with Crippen LogP contribution in [0.2, 0.25) is 5.02 Å². The van der Waals surface area contributed by atoms with Gasteiger partial charge in [-0.1, -0.05) is 29.4 Å². The Hall–Kier alpha value is -2.71. The Morgan fingerprint density at radius 1 is 1.10 bits per heavy atom. The molecule has 30 heavy (non-hydrogen) atoms. The van der Waals surface area contributed by atoms with Crippen LogP contribution in [0.15, 0.2) is 47.6 Å². The maximum absolute atomic E-state index is 12.3. The van der Waals surface area contributed by atoms with E-state index in [1.807, 2.05) is 29.7 Å². The third kappa shape index (κ3) is 5.46. The summed E-state index contributed by atoms with van der Waals surface area (Å²) in [5.41, 5.74) is 1.74. The van der Waals surface area contributed by atoms with Crippen LogP contribution in [0, 0.1) is 0 Å². The highest BCUT2D eigenvalue weighted by atomic mass is 35.5. The van der Waals surface area contributed by atoms with E-state index in [1.165, 1.54) is 11.8 Å². The molecule has 9 heteroatoms. The Morgan fingerprint density at radius 2 is 1.83 bits per heavy atom. The molecule has 1 aromatic heterocycles. The minimum Gasteiger partial charge on any atom is -0.493 e. The van der Waals surface area contributed by atoms with Crippen LogP contribution < -0.4 is 14.8 Å². The number of carbonyl (C=O) groups is 1. The zero-order chi connectivity index (χ0) is 21.5. The number of hydrogen-bond donors (Lipinski definition) is 1. The van der Waals surface area contributed by atoms with E-state index in [0.717, 1.165) is 11.4 Å². The normalized spacial score (nSPS) is 10.7. The van der Waals surface area contributed by atoms with Crippen molar-refractivity contribution in [1.29, 1.82) is 0 Å². The predicted molar refractivity (Wildman–Crippen MR) is 119 cm³/mol. The Balaban J connectivity index is 1.65. The number of ether oxygens (including phenoxy) is 2. The van der Waals surface area contributed by atoms with Gasteiger partial charge in [0.15, 0.2) is 16.7 Å². The fraction of sp³-hybridized carbons (Fsp3) is 0.286. The number of thioether (sulfide) groups is 1. The number of aromatic nitrogens is 3. The fourth-order valence-electron chi connectivity index (χ4n) is 2.91. The van der Waals surface area contributed by atoms with Gasteiger partial charge in [-0.15, -0.1) is 10.2 Å². The van der Waals surface area contributed by atoms with Crippen LogP contribution in [-0.2, 0) is 17.8 Å². The number of rotatable bonds is 9. The second kappa shape index (κ2) is 10.4. The first kappa shape index (κ1) is 22.0. The summed E-state index contributed by atoms with van der Waals surface area (Å²) in [6, 6.07) is 12.8. The van der Waals surface area contributed by atoms with Crippen molar-refractivity contribution in [3.05, 3.63) is 58.9 Å². The van der Waals surface area contributed by atoms with E-state index in [9.17, 15) is 4.79 Å². The third-order valence-electron chi connectivity index (χ3n) is 4.38. The van der Waals surface area contributed by atoms with Crippen LogP contribution in [0.1, 0.15) is 18.3 Å². The predicted octanol–water partition coefficient (Wildman–Crippen LogP) is 4.29. The molecule has 0 aliphatic carbocycles. The first-order chi connectivity index (χ1) is 14.5. The molecular weight excluding hydrogens is 424 g/mol. The summed E-state index contributed by atoms with van der Waals surface area (Å²) in [4.78, 5) is 12.3. The van der Waals surface area contributed by atoms with E-state index < -0.39 is 0 Å². The molecule has 1 heterocycles. The Labute approximate surface area is 184 Å². The Kier molecular flexibility index (Phi) is 7.59. The average molecular weight is 447 g/mol. The Bertz CT molecular complexity index is 1010. The van der Waals surface area contributed by atoms with Crippen LogP contribution in [0.4, 0.5) is 5.69 Å².